The number of aryl methyl sites for hydroxylation is 1. The van der Waals surface area contributed by atoms with Crippen molar-refractivity contribution in [3.63, 3.8) is 0 Å². The van der Waals surface area contributed by atoms with E-state index in [-0.39, 0.29) is 0 Å². The van der Waals surface area contributed by atoms with E-state index in [9.17, 15) is 0 Å². The summed E-state index contributed by atoms with van der Waals surface area (Å²) in [6.07, 6.45) is 4.37. The lowest BCUT2D eigenvalue weighted by atomic mass is 10.5. The Morgan fingerprint density at radius 3 is 3.00 bits per heavy atom. The van der Waals surface area contributed by atoms with E-state index < -0.39 is 0 Å². The van der Waals surface area contributed by atoms with Crippen LogP contribution in [0.15, 0.2) is 11.3 Å². The van der Waals surface area contributed by atoms with E-state index in [1.54, 1.807) is 10.9 Å². The number of aromatic nitrogens is 2. The zero-order valence-electron chi connectivity index (χ0n) is 6.78. The Morgan fingerprint density at radius 2 is 2.55 bits per heavy atom. The molecule has 0 saturated carbocycles. The lowest BCUT2D eigenvalue weighted by Crippen LogP contribution is -1.87. The van der Waals surface area contributed by atoms with E-state index in [2.05, 4.69) is 9.98 Å². The van der Waals surface area contributed by atoms with Crippen LogP contribution in [-0.4, -0.2) is 15.8 Å². The van der Waals surface area contributed by atoms with Gasteiger partial charge in [-0.2, -0.15) is 0 Å². The summed E-state index contributed by atoms with van der Waals surface area (Å²) in [6, 6.07) is 0. The van der Waals surface area contributed by atoms with Gasteiger partial charge in [-0.3, -0.25) is 0 Å². The molecule has 1 rings (SSSR count). The van der Waals surface area contributed by atoms with Crippen molar-refractivity contribution < 1.29 is 0 Å². The summed E-state index contributed by atoms with van der Waals surface area (Å²) in [5.74, 6) is 1.21. The fraction of sp³-hybridized carbons (Fsp3) is 0.429. The van der Waals surface area contributed by atoms with Crippen LogP contribution < -0.4 is 5.73 Å². The topological polar surface area (TPSA) is 56.2 Å². The Balaban J connectivity index is 2.92. The minimum Gasteiger partial charge on any atom is -0.381 e. The van der Waals surface area contributed by atoms with Crippen molar-refractivity contribution in [2.75, 3.05) is 5.73 Å². The van der Waals surface area contributed by atoms with Crippen LogP contribution >= 0.6 is 0 Å². The van der Waals surface area contributed by atoms with E-state index in [1.165, 1.54) is 0 Å². The number of nitrogen functional groups attached to an aromatic ring is 1. The number of nitrogens with zero attached hydrogens (tertiary/aromatic N) is 3. The van der Waals surface area contributed by atoms with E-state index in [0.29, 0.717) is 5.82 Å². The monoisotopic (exact) mass is 152 g/mol. The molecule has 0 amide bonds. The second-order valence-electron chi connectivity index (χ2n) is 2.28. The van der Waals surface area contributed by atoms with Crippen molar-refractivity contribution in [2.24, 2.45) is 12.0 Å². The molecular formula is C7H12N4. The fourth-order valence-electron chi connectivity index (χ4n) is 0.777. The molecule has 0 atom stereocenters. The Bertz CT molecular complexity index is 242. The average molecular weight is 152 g/mol. The molecule has 0 saturated heterocycles. The number of anilines is 1. The van der Waals surface area contributed by atoms with E-state index in [1.807, 2.05) is 20.2 Å². The van der Waals surface area contributed by atoms with Gasteiger partial charge in [0.2, 0.25) is 0 Å². The largest absolute Gasteiger partial charge is 0.381 e. The maximum absolute atomic E-state index is 5.54. The molecule has 0 aliphatic carbocycles. The number of hydrogen-bond acceptors (Lipinski definition) is 3. The van der Waals surface area contributed by atoms with Crippen molar-refractivity contribution in [2.45, 2.75) is 13.3 Å². The molecule has 60 valence electrons. The summed E-state index contributed by atoms with van der Waals surface area (Å²) < 4.78 is 1.79. The highest BCUT2D eigenvalue weighted by atomic mass is 15.1. The Kier molecular flexibility index (Phi) is 2.25. The van der Waals surface area contributed by atoms with Crippen molar-refractivity contribution in [1.29, 1.82) is 0 Å². The van der Waals surface area contributed by atoms with Crippen molar-refractivity contribution in [1.82, 2.24) is 9.55 Å². The molecule has 11 heavy (non-hydrogen) atoms. The first-order valence-electron chi connectivity index (χ1n) is 3.55. The predicted molar refractivity (Wildman–Crippen MR) is 46.1 cm³/mol. The second-order valence-corrected chi connectivity index (χ2v) is 2.28. The standard InChI is InChI=1S/C7H12N4/c1-3-4-9-7-6(8)10-5-11(7)2/h4-5H,3,8H2,1-2H3/b9-4-. The fourth-order valence-corrected chi connectivity index (χ4v) is 0.777. The van der Waals surface area contributed by atoms with Gasteiger partial charge < -0.3 is 10.3 Å². The summed E-state index contributed by atoms with van der Waals surface area (Å²) >= 11 is 0. The molecule has 0 aliphatic heterocycles. The van der Waals surface area contributed by atoms with Crippen LogP contribution in [0.1, 0.15) is 13.3 Å². The van der Waals surface area contributed by atoms with E-state index in [4.69, 9.17) is 5.73 Å². The zero-order chi connectivity index (χ0) is 8.27. The van der Waals surface area contributed by atoms with Gasteiger partial charge >= 0.3 is 0 Å². The Morgan fingerprint density at radius 1 is 1.82 bits per heavy atom. The molecule has 0 aliphatic rings. The predicted octanol–water partition coefficient (Wildman–Crippen LogP) is 1.11. The van der Waals surface area contributed by atoms with Gasteiger partial charge in [-0.15, -0.1) is 0 Å². The second kappa shape index (κ2) is 3.18. The summed E-state index contributed by atoms with van der Waals surface area (Å²) in [5.41, 5.74) is 5.54. The molecule has 0 spiro atoms. The molecule has 2 N–H and O–H groups in total. The van der Waals surface area contributed by atoms with Gasteiger partial charge in [-0.05, 0) is 6.42 Å². The molecule has 0 unspecified atom stereocenters. The molecule has 1 heterocycles. The third-order valence-electron chi connectivity index (χ3n) is 1.33. The van der Waals surface area contributed by atoms with Gasteiger partial charge in [0.05, 0.1) is 6.33 Å². The van der Waals surface area contributed by atoms with Gasteiger partial charge in [0.1, 0.15) is 0 Å². The van der Waals surface area contributed by atoms with Gasteiger partial charge in [0.15, 0.2) is 11.6 Å². The van der Waals surface area contributed by atoms with Crippen molar-refractivity contribution in [3.05, 3.63) is 6.33 Å². The summed E-state index contributed by atoms with van der Waals surface area (Å²) in [7, 11) is 1.87. The van der Waals surface area contributed by atoms with E-state index in [0.717, 1.165) is 12.2 Å². The smallest absolute Gasteiger partial charge is 0.176 e. The normalized spacial score (nSPS) is 11.1. The van der Waals surface area contributed by atoms with Crippen LogP contribution in [0.3, 0.4) is 0 Å². The molecule has 0 fully saturated rings. The molecule has 1 aromatic rings. The van der Waals surface area contributed by atoms with Crippen LogP contribution in [0.5, 0.6) is 0 Å². The van der Waals surface area contributed by atoms with Crippen molar-refractivity contribution in [3.8, 4) is 0 Å². The summed E-state index contributed by atoms with van der Waals surface area (Å²) in [5, 5.41) is 0. The Labute approximate surface area is 65.8 Å². The molecule has 4 nitrogen and oxygen atoms in total. The summed E-state index contributed by atoms with van der Waals surface area (Å²) in [6.45, 7) is 2.02. The number of aliphatic imine (C=N–C) groups is 1. The lowest BCUT2D eigenvalue weighted by Gasteiger charge is -1.93. The maximum atomic E-state index is 5.54. The molecule has 0 bridgehead atoms. The molecule has 4 heteroatoms. The number of hydrogen-bond donors (Lipinski definition) is 1. The lowest BCUT2D eigenvalue weighted by molar-refractivity contribution is 0.912. The zero-order valence-corrected chi connectivity index (χ0v) is 6.78. The third-order valence-corrected chi connectivity index (χ3v) is 1.33. The minimum absolute atomic E-state index is 0.484. The highest BCUT2D eigenvalue weighted by molar-refractivity contribution is 5.66. The van der Waals surface area contributed by atoms with Crippen molar-refractivity contribution >= 4 is 17.9 Å². The van der Waals surface area contributed by atoms with Crippen LogP contribution in [0.2, 0.25) is 0 Å². The first-order valence-corrected chi connectivity index (χ1v) is 3.55. The number of nitrogens with two attached hydrogens (primary N) is 1. The first kappa shape index (κ1) is 7.78. The average Bonchev–Trinajstić information content (AvgIpc) is 2.29. The first-order chi connectivity index (χ1) is 5.25. The highest BCUT2D eigenvalue weighted by Gasteiger charge is 2.00. The SMILES string of the molecule is CC/C=N\c1c(N)ncn1C. The number of rotatable bonds is 2. The maximum Gasteiger partial charge on any atom is 0.176 e. The van der Waals surface area contributed by atoms with Gasteiger partial charge in [0, 0.05) is 13.3 Å². The Hall–Kier alpha value is -1.32. The van der Waals surface area contributed by atoms with Crippen LogP contribution in [-0.2, 0) is 7.05 Å². The molecule has 0 aromatic carbocycles. The van der Waals surface area contributed by atoms with E-state index >= 15 is 0 Å². The van der Waals surface area contributed by atoms with Crippen LogP contribution in [0, 0.1) is 0 Å². The quantitative estimate of drug-likeness (QED) is 0.645. The van der Waals surface area contributed by atoms with Gasteiger partial charge in [0.25, 0.3) is 0 Å². The minimum atomic E-state index is 0.484. The molecule has 0 radical (unpaired) electrons. The van der Waals surface area contributed by atoms with Gasteiger partial charge in [-0.25, -0.2) is 9.98 Å². The van der Waals surface area contributed by atoms with Crippen LogP contribution in [0.25, 0.3) is 0 Å². The third kappa shape index (κ3) is 1.58. The molecular weight excluding hydrogens is 140 g/mol. The van der Waals surface area contributed by atoms with Crippen LogP contribution in [0.4, 0.5) is 11.6 Å². The van der Waals surface area contributed by atoms with Gasteiger partial charge in [-0.1, -0.05) is 6.92 Å². The highest BCUT2D eigenvalue weighted by Crippen LogP contribution is 2.17. The number of imidazole rings is 1. The molecule has 1 aromatic heterocycles. The summed E-state index contributed by atoms with van der Waals surface area (Å²) in [4.78, 5) is 8.03.